The fourth-order valence-electron chi connectivity index (χ4n) is 1.10. The minimum Gasteiger partial charge on any atom is -0.497 e. The first-order valence-electron chi connectivity index (χ1n) is 5.29. The molecule has 0 aliphatic carbocycles. The van der Waals surface area contributed by atoms with E-state index in [0.29, 0.717) is 17.1 Å². The van der Waals surface area contributed by atoms with Gasteiger partial charge >= 0.3 is 11.8 Å². The van der Waals surface area contributed by atoms with E-state index in [-0.39, 0.29) is 0 Å². The summed E-state index contributed by atoms with van der Waals surface area (Å²) in [6.07, 6.45) is 0. The van der Waals surface area contributed by atoms with Gasteiger partial charge in [-0.3, -0.25) is 9.59 Å². The molecule has 1 rings (SSSR count). The number of benzene rings is 1. The van der Waals surface area contributed by atoms with Crippen molar-refractivity contribution in [3.63, 3.8) is 0 Å². The Hall–Kier alpha value is -2.37. The maximum absolute atomic E-state index is 11.5. The van der Waals surface area contributed by atoms with E-state index >= 15 is 0 Å². The number of carbonyl (C=O) groups is 2. The molecule has 0 radical (unpaired) electrons. The first-order chi connectivity index (χ1) is 8.52. The number of hydrogen-bond acceptors (Lipinski definition) is 4. The SMILES string of the molecule is COc1cccc(NC(=O)C(=O)NN=C(C)C)c1. The predicted octanol–water partition coefficient (Wildman–Crippen LogP) is 1.15. The lowest BCUT2D eigenvalue weighted by molar-refractivity contribution is -0.136. The molecule has 2 amide bonds. The minimum absolute atomic E-state index is 0.478. The molecule has 6 nitrogen and oxygen atoms in total. The summed E-state index contributed by atoms with van der Waals surface area (Å²) in [5.41, 5.74) is 3.27. The number of hydrogen-bond donors (Lipinski definition) is 2. The Kier molecular flexibility index (Phi) is 4.86. The lowest BCUT2D eigenvalue weighted by Crippen LogP contribution is -2.32. The Balaban J connectivity index is 2.63. The lowest BCUT2D eigenvalue weighted by Gasteiger charge is -2.05. The van der Waals surface area contributed by atoms with Gasteiger partial charge in [0.05, 0.1) is 7.11 Å². The van der Waals surface area contributed by atoms with Crippen molar-refractivity contribution in [2.24, 2.45) is 5.10 Å². The molecule has 0 saturated heterocycles. The molecule has 0 unspecified atom stereocenters. The van der Waals surface area contributed by atoms with Crippen LogP contribution >= 0.6 is 0 Å². The zero-order valence-electron chi connectivity index (χ0n) is 10.5. The van der Waals surface area contributed by atoms with Gasteiger partial charge < -0.3 is 10.1 Å². The molecule has 0 bridgehead atoms. The fourth-order valence-corrected chi connectivity index (χ4v) is 1.10. The Morgan fingerprint density at radius 1 is 1.22 bits per heavy atom. The maximum atomic E-state index is 11.5. The molecule has 1 aromatic carbocycles. The Morgan fingerprint density at radius 2 is 1.94 bits per heavy atom. The summed E-state index contributed by atoms with van der Waals surface area (Å²) in [4.78, 5) is 22.8. The zero-order chi connectivity index (χ0) is 13.5. The average molecular weight is 249 g/mol. The van der Waals surface area contributed by atoms with Crippen LogP contribution in [0.3, 0.4) is 0 Å². The number of amides is 2. The molecule has 0 aromatic heterocycles. The van der Waals surface area contributed by atoms with Crippen LogP contribution in [0.2, 0.25) is 0 Å². The normalized spacial score (nSPS) is 9.28. The van der Waals surface area contributed by atoms with E-state index in [1.54, 1.807) is 38.1 Å². The summed E-state index contributed by atoms with van der Waals surface area (Å²) in [7, 11) is 1.52. The third kappa shape index (κ3) is 4.25. The number of rotatable bonds is 3. The summed E-state index contributed by atoms with van der Waals surface area (Å²) < 4.78 is 5.00. The number of anilines is 1. The van der Waals surface area contributed by atoms with Crippen LogP contribution in [0.15, 0.2) is 29.4 Å². The third-order valence-electron chi connectivity index (χ3n) is 1.91. The molecule has 0 spiro atoms. The first kappa shape index (κ1) is 13.7. The number of nitrogens with zero attached hydrogens (tertiary/aromatic N) is 1. The van der Waals surface area contributed by atoms with Crippen LogP contribution in [0, 0.1) is 0 Å². The summed E-state index contributed by atoms with van der Waals surface area (Å²) in [5.74, 6) is -1.01. The van der Waals surface area contributed by atoms with Gasteiger partial charge in [0.25, 0.3) is 0 Å². The molecular weight excluding hydrogens is 234 g/mol. The van der Waals surface area contributed by atoms with Gasteiger partial charge in [0.2, 0.25) is 0 Å². The minimum atomic E-state index is -0.820. The molecule has 0 saturated carbocycles. The molecule has 6 heteroatoms. The molecular formula is C12H15N3O3. The van der Waals surface area contributed by atoms with Crippen molar-refractivity contribution in [3.05, 3.63) is 24.3 Å². The van der Waals surface area contributed by atoms with Crippen LogP contribution in [-0.2, 0) is 9.59 Å². The van der Waals surface area contributed by atoms with E-state index in [4.69, 9.17) is 4.74 Å². The number of methoxy groups -OCH3 is 1. The highest BCUT2D eigenvalue weighted by Gasteiger charge is 2.13. The number of nitrogens with one attached hydrogen (secondary N) is 2. The highest BCUT2D eigenvalue weighted by Crippen LogP contribution is 2.16. The Morgan fingerprint density at radius 3 is 2.56 bits per heavy atom. The van der Waals surface area contributed by atoms with Crippen LogP contribution < -0.4 is 15.5 Å². The molecule has 0 heterocycles. The van der Waals surface area contributed by atoms with E-state index < -0.39 is 11.8 Å². The second-order valence-corrected chi connectivity index (χ2v) is 3.69. The van der Waals surface area contributed by atoms with Crippen LogP contribution in [0.1, 0.15) is 13.8 Å². The van der Waals surface area contributed by atoms with Crippen molar-refractivity contribution in [2.45, 2.75) is 13.8 Å². The molecule has 0 aliphatic heterocycles. The van der Waals surface area contributed by atoms with Gasteiger partial charge in [0, 0.05) is 17.5 Å². The first-order valence-corrected chi connectivity index (χ1v) is 5.29. The highest BCUT2D eigenvalue weighted by molar-refractivity contribution is 6.39. The van der Waals surface area contributed by atoms with Crippen molar-refractivity contribution in [1.82, 2.24) is 5.43 Å². The van der Waals surface area contributed by atoms with Crippen LogP contribution in [0.4, 0.5) is 5.69 Å². The highest BCUT2D eigenvalue weighted by atomic mass is 16.5. The van der Waals surface area contributed by atoms with Crippen LogP contribution in [-0.4, -0.2) is 24.6 Å². The van der Waals surface area contributed by atoms with Crippen LogP contribution in [0.5, 0.6) is 5.75 Å². The van der Waals surface area contributed by atoms with Gasteiger partial charge in [0.1, 0.15) is 5.75 Å². The predicted molar refractivity (Wildman–Crippen MR) is 68.5 cm³/mol. The van der Waals surface area contributed by atoms with Gasteiger partial charge in [-0.1, -0.05) is 6.07 Å². The van der Waals surface area contributed by atoms with Crippen molar-refractivity contribution in [3.8, 4) is 5.75 Å². The standard InChI is InChI=1S/C12H15N3O3/c1-8(2)14-15-12(17)11(16)13-9-5-4-6-10(7-9)18-3/h4-7H,1-3H3,(H,13,16)(H,15,17). The summed E-state index contributed by atoms with van der Waals surface area (Å²) in [5, 5.41) is 6.09. The average Bonchev–Trinajstić information content (AvgIpc) is 2.36. The number of ether oxygens (including phenoxy) is 1. The number of carbonyl (C=O) groups excluding carboxylic acids is 2. The summed E-state index contributed by atoms with van der Waals surface area (Å²) in [6.45, 7) is 3.42. The summed E-state index contributed by atoms with van der Waals surface area (Å²) >= 11 is 0. The van der Waals surface area contributed by atoms with Crippen molar-refractivity contribution < 1.29 is 14.3 Å². The largest absolute Gasteiger partial charge is 0.497 e. The van der Waals surface area contributed by atoms with E-state index in [1.165, 1.54) is 7.11 Å². The van der Waals surface area contributed by atoms with Gasteiger partial charge in [0.15, 0.2) is 0 Å². The van der Waals surface area contributed by atoms with Gasteiger partial charge in [-0.25, -0.2) is 5.43 Å². The lowest BCUT2D eigenvalue weighted by atomic mass is 10.3. The fraction of sp³-hybridized carbons (Fsp3) is 0.250. The van der Waals surface area contributed by atoms with Crippen molar-refractivity contribution in [1.29, 1.82) is 0 Å². The second-order valence-electron chi connectivity index (χ2n) is 3.69. The maximum Gasteiger partial charge on any atom is 0.329 e. The number of hydrazone groups is 1. The molecule has 0 atom stereocenters. The third-order valence-corrected chi connectivity index (χ3v) is 1.91. The molecule has 18 heavy (non-hydrogen) atoms. The van der Waals surface area contributed by atoms with E-state index in [1.807, 2.05) is 0 Å². The van der Waals surface area contributed by atoms with Gasteiger partial charge in [-0.2, -0.15) is 5.10 Å². The van der Waals surface area contributed by atoms with Crippen molar-refractivity contribution in [2.75, 3.05) is 12.4 Å². The van der Waals surface area contributed by atoms with Gasteiger partial charge in [-0.05, 0) is 26.0 Å². The molecule has 96 valence electrons. The smallest absolute Gasteiger partial charge is 0.329 e. The topological polar surface area (TPSA) is 79.8 Å². The molecule has 0 fully saturated rings. The van der Waals surface area contributed by atoms with Gasteiger partial charge in [-0.15, -0.1) is 0 Å². The monoisotopic (exact) mass is 249 g/mol. The second kappa shape index (κ2) is 6.39. The quantitative estimate of drug-likeness (QED) is 0.479. The Labute approximate surface area is 105 Å². The Bertz CT molecular complexity index is 479. The van der Waals surface area contributed by atoms with E-state index in [2.05, 4.69) is 15.8 Å². The van der Waals surface area contributed by atoms with E-state index in [0.717, 1.165) is 0 Å². The molecule has 2 N–H and O–H groups in total. The van der Waals surface area contributed by atoms with E-state index in [9.17, 15) is 9.59 Å². The molecule has 1 aromatic rings. The zero-order valence-corrected chi connectivity index (χ0v) is 10.5. The summed E-state index contributed by atoms with van der Waals surface area (Å²) in [6, 6.07) is 6.71. The van der Waals surface area contributed by atoms with Crippen LogP contribution in [0.25, 0.3) is 0 Å². The molecule has 0 aliphatic rings. The van der Waals surface area contributed by atoms with Crippen molar-refractivity contribution >= 4 is 23.2 Å².